The van der Waals surface area contributed by atoms with Gasteiger partial charge in [-0.25, -0.2) is 4.79 Å². The van der Waals surface area contributed by atoms with Crippen molar-refractivity contribution in [1.82, 2.24) is 15.1 Å². The van der Waals surface area contributed by atoms with Gasteiger partial charge < -0.3 is 19.7 Å². The van der Waals surface area contributed by atoms with E-state index in [-0.39, 0.29) is 12.1 Å². The standard InChI is InChI=1S/C20H31N3O3/c1-16-7-9-22(10-8-16)19(17-3-5-18(25-2)6-4-17)15-21-20(24)23-11-13-26-14-12-23/h3-6,16,19H,7-15H2,1-2H3,(H,21,24). The smallest absolute Gasteiger partial charge is 0.317 e. The number of rotatable bonds is 5. The number of carbonyl (C=O) groups excluding carboxylic acids is 1. The lowest BCUT2D eigenvalue weighted by Gasteiger charge is -2.37. The Kier molecular flexibility index (Phi) is 6.74. The summed E-state index contributed by atoms with van der Waals surface area (Å²) in [6.07, 6.45) is 2.42. The fourth-order valence-electron chi connectivity index (χ4n) is 3.69. The largest absolute Gasteiger partial charge is 0.497 e. The van der Waals surface area contributed by atoms with Crippen LogP contribution in [0.3, 0.4) is 0 Å². The zero-order chi connectivity index (χ0) is 18.4. The van der Waals surface area contributed by atoms with Crippen molar-refractivity contribution < 1.29 is 14.3 Å². The maximum absolute atomic E-state index is 12.5. The molecule has 1 unspecified atom stereocenters. The summed E-state index contributed by atoms with van der Waals surface area (Å²) in [7, 11) is 1.68. The molecule has 2 fully saturated rings. The van der Waals surface area contributed by atoms with E-state index >= 15 is 0 Å². The van der Waals surface area contributed by atoms with Crippen LogP contribution in [0.4, 0.5) is 4.79 Å². The predicted molar refractivity (Wildman–Crippen MR) is 101 cm³/mol. The number of methoxy groups -OCH3 is 1. The molecule has 0 aromatic heterocycles. The van der Waals surface area contributed by atoms with Crippen molar-refractivity contribution in [2.45, 2.75) is 25.8 Å². The summed E-state index contributed by atoms with van der Waals surface area (Å²) < 4.78 is 10.6. The Hall–Kier alpha value is -1.79. The van der Waals surface area contributed by atoms with Crippen molar-refractivity contribution in [2.24, 2.45) is 5.92 Å². The molecule has 0 spiro atoms. The number of hydrogen-bond acceptors (Lipinski definition) is 4. The Balaban J connectivity index is 1.66. The first-order valence-electron chi connectivity index (χ1n) is 9.66. The molecule has 6 heteroatoms. The molecule has 1 aromatic carbocycles. The maximum atomic E-state index is 12.5. The molecule has 2 aliphatic heterocycles. The van der Waals surface area contributed by atoms with Crippen LogP contribution in [-0.2, 0) is 4.74 Å². The van der Waals surface area contributed by atoms with E-state index in [0.717, 1.165) is 24.8 Å². The van der Waals surface area contributed by atoms with Crippen LogP contribution in [0.2, 0.25) is 0 Å². The number of morpholine rings is 1. The van der Waals surface area contributed by atoms with Crippen molar-refractivity contribution in [2.75, 3.05) is 53.0 Å². The summed E-state index contributed by atoms with van der Waals surface area (Å²) in [6, 6.07) is 8.43. The topological polar surface area (TPSA) is 54.0 Å². The minimum absolute atomic E-state index is 0.0113. The van der Waals surface area contributed by atoms with Crippen LogP contribution in [0.15, 0.2) is 24.3 Å². The number of piperidine rings is 1. The van der Waals surface area contributed by atoms with E-state index in [4.69, 9.17) is 9.47 Å². The summed E-state index contributed by atoms with van der Waals surface area (Å²) in [5.74, 6) is 1.64. The predicted octanol–water partition coefficient (Wildman–Crippen LogP) is 2.51. The summed E-state index contributed by atoms with van der Waals surface area (Å²) in [5, 5.41) is 3.15. The molecule has 3 rings (SSSR count). The van der Waals surface area contributed by atoms with Crippen LogP contribution >= 0.6 is 0 Å². The van der Waals surface area contributed by atoms with Gasteiger partial charge in [0.05, 0.1) is 26.4 Å². The van der Waals surface area contributed by atoms with Crippen molar-refractivity contribution >= 4 is 6.03 Å². The zero-order valence-corrected chi connectivity index (χ0v) is 15.9. The molecule has 26 heavy (non-hydrogen) atoms. The van der Waals surface area contributed by atoms with Crippen LogP contribution in [0.1, 0.15) is 31.4 Å². The molecular formula is C20H31N3O3. The highest BCUT2D eigenvalue weighted by molar-refractivity contribution is 5.74. The number of nitrogens with zero attached hydrogens (tertiary/aromatic N) is 2. The molecule has 1 atom stereocenters. The molecule has 2 amide bonds. The summed E-state index contributed by atoms with van der Waals surface area (Å²) in [5.41, 5.74) is 1.22. The summed E-state index contributed by atoms with van der Waals surface area (Å²) in [6.45, 7) is 7.67. The second-order valence-corrected chi connectivity index (χ2v) is 7.29. The van der Waals surface area contributed by atoms with Gasteiger partial charge in [0.15, 0.2) is 0 Å². The zero-order valence-electron chi connectivity index (χ0n) is 15.9. The molecule has 6 nitrogen and oxygen atoms in total. The fraction of sp³-hybridized carbons (Fsp3) is 0.650. The number of hydrogen-bond donors (Lipinski definition) is 1. The second-order valence-electron chi connectivity index (χ2n) is 7.29. The summed E-state index contributed by atoms with van der Waals surface area (Å²) >= 11 is 0. The first-order chi connectivity index (χ1) is 12.7. The Morgan fingerprint density at radius 3 is 2.46 bits per heavy atom. The van der Waals surface area contributed by atoms with Gasteiger partial charge in [0, 0.05) is 19.6 Å². The molecule has 0 bridgehead atoms. The fourth-order valence-corrected chi connectivity index (χ4v) is 3.69. The van der Waals surface area contributed by atoms with E-state index in [0.29, 0.717) is 32.8 Å². The second kappa shape index (κ2) is 9.24. The van der Waals surface area contributed by atoms with Crippen LogP contribution < -0.4 is 10.1 Å². The molecule has 2 heterocycles. The Labute approximate surface area is 156 Å². The van der Waals surface area contributed by atoms with Gasteiger partial charge in [0.2, 0.25) is 0 Å². The van der Waals surface area contributed by atoms with Crippen LogP contribution in [0.5, 0.6) is 5.75 Å². The van der Waals surface area contributed by atoms with Crippen LogP contribution in [0.25, 0.3) is 0 Å². The van der Waals surface area contributed by atoms with E-state index in [9.17, 15) is 4.79 Å². The van der Waals surface area contributed by atoms with Gasteiger partial charge in [-0.05, 0) is 49.5 Å². The summed E-state index contributed by atoms with van der Waals surface area (Å²) in [4.78, 5) is 16.8. The van der Waals surface area contributed by atoms with Crippen molar-refractivity contribution in [1.29, 1.82) is 0 Å². The lowest BCUT2D eigenvalue weighted by Crippen LogP contribution is -2.49. The van der Waals surface area contributed by atoms with Gasteiger partial charge in [0.1, 0.15) is 5.75 Å². The maximum Gasteiger partial charge on any atom is 0.317 e. The number of nitrogens with one attached hydrogen (secondary N) is 1. The number of likely N-dealkylation sites (tertiary alicyclic amines) is 1. The molecule has 0 aliphatic carbocycles. The van der Waals surface area contributed by atoms with Gasteiger partial charge in [0.25, 0.3) is 0 Å². The highest BCUT2D eigenvalue weighted by atomic mass is 16.5. The van der Waals surface area contributed by atoms with Crippen molar-refractivity contribution in [3.05, 3.63) is 29.8 Å². The van der Waals surface area contributed by atoms with Crippen molar-refractivity contribution in [3.63, 3.8) is 0 Å². The highest BCUT2D eigenvalue weighted by Crippen LogP contribution is 2.27. The minimum Gasteiger partial charge on any atom is -0.497 e. The van der Waals surface area contributed by atoms with Gasteiger partial charge in [-0.2, -0.15) is 0 Å². The quantitative estimate of drug-likeness (QED) is 0.876. The average Bonchev–Trinajstić information content (AvgIpc) is 2.70. The molecule has 144 valence electrons. The molecule has 2 aliphatic rings. The number of carbonyl (C=O) groups is 1. The Morgan fingerprint density at radius 1 is 1.19 bits per heavy atom. The van der Waals surface area contributed by atoms with Crippen molar-refractivity contribution in [3.8, 4) is 5.75 Å². The van der Waals surface area contributed by atoms with Gasteiger partial charge >= 0.3 is 6.03 Å². The number of ether oxygens (including phenoxy) is 2. The minimum atomic E-state index is 0.0113. The van der Waals surface area contributed by atoms with E-state index in [2.05, 4.69) is 29.3 Å². The molecule has 1 N–H and O–H groups in total. The van der Waals surface area contributed by atoms with E-state index in [1.54, 1.807) is 7.11 Å². The average molecular weight is 361 g/mol. The lowest BCUT2D eigenvalue weighted by molar-refractivity contribution is 0.0522. The van der Waals surface area contributed by atoms with Gasteiger partial charge in [-0.1, -0.05) is 19.1 Å². The number of urea groups is 1. The normalized spacial score (nSPS) is 20.6. The Bertz CT molecular complexity index is 564. The lowest BCUT2D eigenvalue weighted by atomic mass is 9.95. The number of benzene rings is 1. The molecule has 0 saturated carbocycles. The molecule has 1 aromatic rings. The monoisotopic (exact) mass is 361 g/mol. The van der Waals surface area contributed by atoms with Gasteiger partial charge in [-0.3, -0.25) is 4.90 Å². The van der Waals surface area contributed by atoms with Crippen LogP contribution in [-0.4, -0.2) is 68.9 Å². The Morgan fingerprint density at radius 2 is 1.85 bits per heavy atom. The third-order valence-corrected chi connectivity index (χ3v) is 5.50. The van der Waals surface area contributed by atoms with Crippen LogP contribution in [0, 0.1) is 5.92 Å². The molecule has 0 radical (unpaired) electrons. The molecule has 2 saturated heterocycles. The third-order valence-electron chi connectivity index (χ3n) is 5.50. The first-order valence-corrected chi connectivity index (χ1v) is 9.66. The van der Waals surface area contributed by atoms with E-state index in [1.165, 1.54) is 18.4 Å². The molecular weight excluding hydrogens is 330 g/mol. The third kappa shape index (κ3) is 4.89. The first kappa shape index (κ1) is 19.0. The number of amides is 2. The van der Waals surface area contributed by atoms with E-state index in [1.807, 2.05) is 17.0 Å². The SMILES string of the molecule is COc1ccc(C(CNC(=O)N2CCOCC2)N2CCC(C)CC2)cc1. The van der Waals surface area contributed by atoms with E-state index < -0.39 is 0 Å². The highest BCUT2D eigenvalue weighted by Gasteiger charge is 2.26. The van der Waals surface area contributed by atoms with Gasteiger partial charge in [-0.15, -0.1) is 0 Å².